The van der Waals surface area contributed by atoms with Crippen molar-refractivity contribution in [3.8, 4) is 5.03 Å². The molecule has 70 valence electrons. The molecule has 0 saturated heterocycles. The van der Waals surface area contributed by atoms with Crippen LogP contribution in [0.2, 0.25) is 0 Å². The van der Waals surface area contributed by atoms with E-state index in [1.54, 1.807) is 18.3 Å². The van der Waals surface area contributed by atoms with Gasteiger partial charge in [-0.3, -0.25) is 0 Å². The van der Waals surface area contributed by atoms with Gasteiger partial charge in [0.05, 0.1) is 0 Å². The first-order valence-corrected chi connectivity index (χ1v) is 5.34. The third kappa shape index (κ3) is 1.52. The van der Waals surface area contributed by atoms with Crippen LogP contribution in [0.1, 0.15) is 9.67 Å². The van der Waals surface area contributed by atoms with Crippen molar-refractivity contribution < 1.29 is 9.90 Å². The summed E-state index contributed by atoms with van der Waals surface area (Å²) in [6, 6.07) is 8.91. The van der Waals surface area contributed by atoms with Crippen LogP contribution in [0, 0.1) is 0 Å². The molecule has 0 aromatic carbocycles. The van der Waals surface area contributed by atoms with Gasteiger partial charge in [-0.1, -0.05) is 6.07 Å². The van der Waals surface area contributed by atoms with E-state index in [-0.39, 0.29) is 0 Å². The van der Waals surface area contributed by atoms with Crippen molar-refractivity contribution in [2.75, 3.05) is 0 Å². The van der Waals surface area contributed by atoms with Gasteiger partial charge in [0.1, 0.15) is 5.38 Å². The Kier molecular flexibility index (Phi) is 2.28. The lowest BCUT2D eigenvalue weighted by atomic mass is 10.5. The molecular weight excluding hydrogens is 198 g/mol. The number of thiophene rings is 1. The van der Waals surface area contributed by atoms with Crippen molar-refractivity contribution in [2.24, 2.45) is 0 Å². The zero-order chi connectivity index (χ0) is 9.97. The lowest BCUT2D eigenvalue weighted by Gasteiger charge is -1.89. The van der Waals surface area contributed by atoms with Gasteiger partial charge in [-0.2, -0.15) is 0 Å². The molecule has 14 heavy (non-hydrogen) atoms. The average Bonchev–Trinajstić information content (AvgIpc) is 2.67. The van der Waals surface area contributed by atoms with Crippen LogP contribution in [0.25, 0.3) is 5.03 Å². The van der Waals surface area contributed by atoms with E-state index in [1.165, 1.54) is 0 Å². The number of pyridine rings is 1. The fraction of sp³-hybridized carbons (Fsp3) is 0. The van der Waals surface area contributed by atoms with Crippen LogP contribution in [0.5, 0.6) is 0 Å². The van der Waals surface area contributed by atoms with Crippen LogP contribution in [-0.4, -0.2) is 16.1 Å². The fourth-order valence-electron chi connectivity index (χ4n) is 1.18. The molecule has 1 N–H and O–H groups in total. The van der Waals surface area contributed by atoms with E-state index in [4.69, 9.17) is 5.11 Å². The molecule has 0 spiro atoms. The molecule has 0 radical (unpaired) electrons. The van der Waals surface area contributed by atoms with E-state index in [2.05, 4.69) is 4.98 Å². The van der Waals surface area contributed by atoms with Gasteiger partial charge in [0, 0.05) is 28.8 Å². The molecule has 2 rings (SSSR count). The maximum absolute atomic E-state index is 10.9. The monoisotopic (exact) mass is 206 g/mol. The Morgan fingerprint density at radius 1 is 1.29 bits per heavy atom. The number of carbonyl (C=O) groups is 1. The van der Waals surface area contributed by atoms with Crippen molar-refractivity contribution in [3.63, 3.8) is 0 Å². The quantitative estimate of drug-likeness (QED) is 0.768. The Morgan fingerprint density at radius 3 is 2.79 bits per heavy atom. The Morgan fingerprint density at radius 2 is 2.14 bits per heavy atom. The number of carboxylic acids is 1. The molecule has 2 aromatic heterocycles. The van der Waals surface area contributed by atoms with Gasteiger partial charge in [-0.05, 0) is 12.1 Å². The highest BCUT2D eigenvalue weighted by molar-refractivity contribution is 7.39. The number of hydrogen-bond acceptors (Lipinski definition) is 2. The van der Waals surface area contributed by atoms with Gasteiger partial charge >= 0.3 is 5.97 Å². The van der Waals surface area contributed by atoms with Crippen LogP contribution >= 0.6 is 10.5 Å². The van der Waals surface area contributed by atoms with Gasteiger partial charge in [-0.25, -0.2) is 9.78 Å². The number of nitrogens with zero attached hydrogens (tertiary/aromatic N) is 1. The van der Waals surface area contributed by atoms with Crippen LogP contribution in [0.4, 0.5) is 0 Å². The van der Waals surface area contributed by atoms with E-state index in [9.17, 15) is 4.79 Å². The molecule has 0 saturated carbocycles. The number of hydrogen-bond donors (Lipinski definition) is 1. The van der Waals surface area contributed by atoms with E-state index >= 15 is 0 Å². The molecule has 0 aliphatic rings. The second kappa shape index (κ2) is 3.59. The Labute approximate surface area is 83.6 Å². The topological polar surface area (TPSA) is 50.2 Å². The lowest BCUT2D eigenvalue weighted by molar-refractivity contribution is 0.0702. The lowest BCUT2D eigenvalue weighted by Crippen LogP contribution is -1.93. The maximum Gasteiger partial charge on any atom is 0.389 e. The highest BCUT2D eigenvalue weighted by atomic mass is 32.2. The van der Waals surface area contributed by atoms with E-state index in [1.807, 2.05) is 23.6 Å². The molecular formula is C10H8NO2S+. The minimum Gasteiger partial charge on any atom is -0.474 e. The molecule has 0 fully saturated rings. The molecule has 0 bridgehead atoms. The van der Waals surface area contributed by atoms with Gasteiger partial charge < -0.3 is 5.11 Å². The zero-order valence-corrected chi connectivity index (χ0v) is 8.07. The summed E-state index contributed by atoms with van der Waals surface area (Å²) in [4.78, 5) is 15.4. The predicted molar refractivity (Wildman–Crippen MR) is 55.0 cm³/mol. The Hall–Kier alpha value is -1.68. The fourth-order valence-corrected chi connectivity index (χ4v) is 2.74. The van der Waals surface area contributed by atoms with Crippen LogP contribution in [-0.2, 0) is 0 Å². The first-order valence-electron chi connectivity index (χ1n) is 4.05. The van der Waals surface area contributed by atoms with Gasteiger partial charge in [0.2, 0.25) is 0 Å². The van der Waals surface area contributed by atoms with E-state index in [0.717, 1.165) is 5.03 Å². The Balaban J connectivity index is 2.52. The summed E-state index contributed by atoms with van der Waals surface area (Å²) in [6.07, 6.45) is 1.67. The number of rotatable bonds is 2. The molecule has 4 heteroatoms. The summed E-state index contributed by atoms with van der Waals surface area (Å²) < 4.78 is 0. The number of aromatic nitrogens is 1. The second-order valence-electron chi connectivity index (χ2n) is 2.67. The average molecular weight is 206 g/mol. The van der Waals surface area contributed by atoms with Crippen molar-refractivity contribution in [2.45, 2.75) is 0 Å². The van der Waals surface area contributed by atoms with E-state index in [0.29, 0.717) is 4.88 Å². The minimum absolute atomic E-state index is 0.406. The van der Waals surface area contributed by atoms with E-state index < -0.39 is 16.4 Å². The summed E-state index contributed by atoms with van der Waals surface area (Å²) in [5, 5.41) is 11.6. The number of aromatic carboxylic acids is 1. The normalized spacial score (nSPS) is 11.3. The molecule has 0 amide bonds. The molecule has 3 nitrogen and oxygen atoms in total. The van der Waals surface area contributed by atoms with Gasteiger partial charge in [0.25, 0.3) is 9.90 Å². The second-order valence-corrected chi connectivity index (χ2v) is 4.48. The number of carboxylic acid groups (broad SMARTS) is 1. The third-order valence-electron chi connectivity index (χ3n) is 1.77. The van der Waals surface area contributed by atoms with Crippen molar-refractivity contribution in [1.82, 2.24) is 4.98 Å². The SMILES string of the molecule is O=C(O)c1ccc[s+]1-c1ccccn1. The molecule has 2 heterocycles. The summed E-state index contributed by atoms with van der Waals surface area (Å²) >= 11 is 0. The van der Waals surface area contributed by atoms with Crippen molar-refractivity contribution in [3.05, 3.63) is 46.8 Å². The van der Waals surface area contributed by atoms with Crippen molar-refractivity contribution in [1.29, 1.82) is 0 Å². The summed E-state index contributed by atoms with van der Waals surface area (Å²) in [7, 11) is -0.489. The minimum atomic E-state index is -0.871. The largest absolute Gasteiger partial charge is 0.474 e. The molecule has 2 aromatic rings. The third-order valence-corrected chi connectivity index (χ3v) is 3.68. The predicted octanol–water partition coefficient (Wildman–Crippen LogP) is 2.52. The molecule has 0 aliphatic heterocycles. The first-order chi connectivity index (χ1) is 6.79. The van der Waals surface area contributed by atoms with Crippen LogP contribution < -0.4 is 0 Å². The standard InChI is InChI=1S/C10H7NO2S/c12-10(13)8-4-3-7-14(8)9-5-1-2-6-11-9/h1-7H/p+1. The smallest absolute Gasteiger partial charge is 0.389 e. The Bertz CT molecular complexity index is 450. The van der Waals surface area contributed by atoms with Crippen molar-refractivity contribution >= 4 is 16.4 Å². The van der Waals surface area contributed by atoms with Crippen LogP contribution in [0.15, 0.2) is 41.9 Å². The van der Waals surface area contributed by atoms with Crippen LogP contribution in [0.3, 0.4) is 0 Å². The maximum atomic E-state index is 10.9. The molecule has 1 unspecified atom stereocenters. The molecule has 1 atom stereocenters. The zero-order valence-electron chi connectivity index (χ0n) is 7.25. The highest BCUT2D eigenvalue weighted by Gasteiger charge is 2.22. The summed E-state index contributed by atoms with van der Waals surface area (Å²) in [6.45, 7) is 0. The van der Waals surface area contributed by atoms with Gasteiger partial charge in [-0.15, -0.1) is 0 Å². The first kappa shape index (κ1) is 8.90. The molecule has 0 aliphatic carbocycles. The summed E-state index contributed by atoms with van der Waals surface area (Å²) in [5.74, 6) is -0.871. The summed E-state index contributed by atoms with van der Waals surface area (Å²) in [5.41, 5.74) is 0. The van der Waals surface area contributed by atoms with Gasteiger partial charge in [0.15, 0.2) is 0 Å². The highest BCUT2D eigenvalue weighted by Crippen LogP contribution is 2.32.